The molecule has 0 spiro atoms. The Morgan fingerprint density at radius 1 is 1.15 bits per heavy atom. The lowest BCUT2D eigenvalue weighted by atomic mass is 10.1. The molecule has 27 heavy (non-hydrogen) atoms. The van der Waals surface area contributed by atoms with E-state index < -0.39 is 0 Å². The van der Waals surface area contributed by atoms with Crippen molar-refractivity contribution < 1.29 is 4.79 Å². The molecule has 0 radical (unpaired) electrons. The van der Waals surface area contributed by atoms with Crippen LogP contribution in [0.4, 0.5) is 5.69 Å². The molecule has 5 heteroatoms. The first-order valence-electron chi connectivity index (χ1n) is 8.99. The summed E-state index contributed by atoms with van der Waals surface area (Å²) in [5.41, 5.74) is 3.69. The fraction of sp³-hybridized carbons (Fsp3) is 0.227. The van der Waals surface area contributed by atoms with Crippen LogP contribution in [-0.2, 0) is 6.54 Å². The van der Waals surface area contributed by atoms with Gasteiger partial charge in [-0.05, 0) is 55.2 Å². The average molecular weight is 358 g/mol. The lowest BCUT2D eigenvalue weighted by Crippen LogP contribution is -2.17. The normalized spacial score (nSPS) is 10.4. The number of benzene rings is 1. The van der Waals surface area contributed by atoms with Gasteiger partial charge in [0.15, 0.2) is 0 Å². The van der Waals surface area contributed by atoms with Gasteiger partial charge in [-0.3, -0.25) is 9.48 Å². The number of aromatic nitrogens is 3. The molecule has 0 saturated carbocycles. The third kappa shape index (κ3) is 4.62. The van der Waals surface area contributed by atoms with Gasteiger partial charge in [0.2, 0.25) is 0 Å². The van der Waals surface area contributed by atoms with Gasteiger partial charge in [0, 0.05) is 24.0 Å². The van der Waals surface area contributed by atoms with Crippen molar-refractivity contribution in [2.45, 2.75) is 33.2 Å². The maximum absolute atomic E-state index is 12.7. The monoisotopic (exact) mass is 358 g/mol. The minimum absolute atomic E-state index is 0.175. The van der Waals surface area contributed by atoms with E-state index in [-0.39, 0.29) is 11.8 Å². The molecule has 136 valence electrons. The molecule has 0 aliphatic rings. The Labute approximate surface area is 159 Å². The molecule has 0 atom stereocenters. The van der Waals surface area contributed by atoms with Gasteiger partial charge in [0.05, 0.1) is 5.69 Å². The van der Waals surface area contributed by atoms with Crippen molar-refractivity contribution in [3.05, 3.63) is 77.4 Å². The van der Waals surface area contributed by atoms with Gasteiger partial charge in [-0.2, -0.15) is 5.10 Å². The summed E-state index contributed by atoms with van der Waals surface area (Å²) in [6, 6.07) is 14.9. The number of amides is 1. The van der Waals surface area contributed by atoms with E-state index in [1.807, 2.05) is 55.5 Å². The first kappa shape index (κ1) is 18.4. The van der Waals surface area contributed by atoms with Crippen LogP contribution in [0.3, 0.4) is 0 Å². The fourth-order valence-corrected chi connectivity index (χ4v) is 2.59. The number of carbonyl (C=O) groups excluding carboxylic acids is 1. The van der Waals surface area contributed by atoms with Gasteiger partial charge in [-0.15, -0.1) is 0 Å². The molecule has 0 fully saturated rings. The summed E-state index contributed by atoms with van der Waals surface area (Å²) in [5.74, 6) is 6.19. The topological polar surface area (TPSA) is 59.8 Å². The molecule has 2 heterocycles. The van der Waals surface area contributed by atoms with Gasteiger partial charge in [-0.1, -0.05) is 31.9 Å². The van der Waals surface area contributed by atoms with Crippen molar-refractivity contribution in [2.75, 3.05) is 5.32 Å². The highest BCUT2D eigenvalue weighted by Crippen LogP contribution is 2.17. The highest BCUT2D eigenvalue weighted by atomic mass is 16.2. The zero-order valence-corrected chi connectivity index (χ0v) is 15.7. The van der Waals surface area contributed by atoms with E-state index in [0.717, 1.165) is 11.3 Å². The molecule has 5 nitrogen and oxygen atoms in total. The second-order valence-electron chi connectivity index (χ2n) is 6.42. The summed E-state index contributed by atoms with van der Waals surface area (Å²) in [6.45, 7) is 6.74. The molecule has 0 saturated heterocycles. The Kier molecular flexibility index (Phi) is 5.68. The van der Waals surface area contributed by atoms with E-state index in [1.54, 1.807) is 10.9 Å². The number of hydrogen-bond donors (Lipinski definition) is 1. The van der Waals surface area contributed by atoms with Crippen LogP contribution < -0.4 is 5.32 Å². The van der Waals surface area contributed by atoms with Gasteiger partial charge in [0.1, 0.15) is 11.4 Å². The molecule has 0 bridgehead atoms. The largest absolute Gasteiger partial charge is 0.321 e. The molecule has 1 N–H and O–H groups in total. The zero-order valence-electron chi connectivity index (χ0n) is 15.7. The van der Waals surface area contributed by atoms with E-state index in [1.165, 1.54) is 0 Å². The summed E-state index contributed by atoms with van der Waals surface area (Å²) >= 11 is 0. The Morgan fingerprint density at radius 3 is 2.70 bits per heavy atom. The molecule has 3 aromatic rings. The van der Waals surface area contributed by atoms with E-state index >= 15 is 0 Å². The lowest BCUT2D eigenvalue weighted by molar-refractivity contribution is 0.101. The summed E-state index contributed by atoms with van der Waals surface area (Å²) in [6.07, 6.45) is 1.71. The van der Waals surface area contributed by atoms with E-state index in [4.69, 9.17) is 0 Å². The molecular formula is C22H22N4O. The van der Waals surface area contributed by atoms with Gasteiger partial charge in [-0.25, -0.2) is 4.98 Å². The molecule has 2 aromatic heterocycles. The van der Waals surface area contributed by atoms with Crippen LogP contribution in [0, 0.1) is 11.8 Å². The third-order valence-electron chi connectivity index (χ3n) is 4.04. The van der Waals surface area contributed by atoms with Crippen molar-refractivity contribution in [1.29, 1.82) is 0 Å². The summed E-state index contributed by atoms with van der Waals surface area (Å²) in [5, 5.41) is 7.44. The standard InChI is InChI=1S/C22H22N4O/c1-4-26-21(15-20(25-26)16(2)3)22(27)24-19-10-7-8-17(14-19)11-12-18-9-5-6-13-23-18/h5-10,13-16H,4H2,1-3H3,(H,24,27). The fourth-order valence-electron chi connectivity index (χ4n) is 2.59. The van der Waals surface area contributed by atoms with Crippen LogP contribution in [0.5, 0.6) is 0 Å². The third-order valence-corrected chi connectivity index (χ3v) is 4.04. The molecular weight excluding hydrogens is 336 g/mol. The van der Waals surface area contributed by atoms with Crippen molar-refractivity contribution in [3.8, 4) is 11.8 Å². The minimum atomic E-state index is -0.175. The maximum atomic E-state index is 12.7. The predicted octanol–water partition coefficient (Wildman–Crippen LogP) is 4.07. The van der Waals surface area contributed by atoms with Crippen LogP contribution >= 0.6 is 0 Å². The number of anilines is 1. The van der Waals surface area contributed by atoms with Crippen LogP contribution in [0.1, 0.15) is 54.1 Å². The molecule has 3 rings (SSSR count). The van der Waals surface area contributed by atoms with Gasteiger partial charge >= 0.3 is 0 Å². The predicted molar refractivity (Wildman–Crippen MR) is 107 cm³/mol. The van der Waals surface area contributed by atoms with Crippen molar-refractivity contribution >= 4 is 11.6 Å². The number of hydrogen-bond acceptors (Lipinski definition) is 3. The number of rotatable bonds is 4. The van der Waals surface area contributed by atoms with Gasteiger partial charge < -0.3 is 5.32 Å². The molecule has 0 unspecified atom stereocenters. The number of carbonyl (C=O) groups is 1. The Balaban J connectivity index is 1.79. The second kappa shape index (κ2) is 8.33. The number of nitrogens with zero attached hydrogens (tertiary/aromatic N) is 3. The number of pyridine rings is 1. The van der Waals surface area contributed by atoms with E-state index in [9.17, 15) is 4.79 Å². The first-order chi connectivity index (χ1) is 13.1. The zero-order chi connectivity index (χ0) is 19.2. The highest BCUT2D eigenvalue weighted by molar-refractivity contribution is 6.03. The van der Waals surface area contributed by atoms with Crippen LogP contribution in [0.25, 0.3) is 0 Å². The quantitative estimate of drug-likeness (QED) is 0.715. The highest BCUT2D eigenvalue weighted by Gasteiger charge is 2.16. The van der Waals surface area contributed by atoms with Crippen molar-refractivity contribution in [3.63, 3.8) is 0 Å². The van der Waals surface area contributed by atoms with E-state index in [0.29, 0.717) is 23.6 Å². The average Bonchev–Trinajstić information content (AvgIpc) is 3.12. The van der Waals surface area contributed by atoms with Crippen LogP contribution in [0.2, 0.25) is 0 Å². The second-order valence-corrected chi connectivity index (χ2v) is 6.42. The number of nitrogens with one attached hydrogen (secondary N) is 1. The Bertz CT molecular complexity index is 994. The first-order valence-corrected chi connectivity index (χ1v) is 8.99. The summed E-state index contributed by atoms with van der Waals surface area (Å²) in [7, 11) is 0. The molecule has 0 aliphatic heterocycles. The summed E-state index contributed by atoms with van der Waals surface area (Å²) in [4.78, 5) is 16.9. The Morgan fingerprint density at radius 2 is 2.00 bits per heavy atom. The summed E-state index contributed by atoms with van der Waals surface area (Å²) < 4.78 is 1.73. The number of aryl methyl sites for hydroxylation is 1. The smallest absolute Gasteiger partial charge is 0.273 e. The lowest BCUT2D eigenvalue weighted by Gasteiger charge is -2.07. The molecule has 0 aliphatic carbocycles. The van der Waals surface area contributed by atoms with Crippen molar-refractivity contribution in [2.24, 2.45) is 0 Å². The van der Waals surface area contributed by atoms with Gasteiger partial charge in [0.25, 0.3) is 5.91 Å². The van der Waals surface area contributed by atoms with E-state index in [2.05, 4.69) is 41.1 Å². The molecule has 1 aromatic carbocycles. The Hall–Kier alpha value is -3.39. The minimum Gasteiger partial charge on any atom is -0.321 e. The van der Waals surface area contributed by atoms with Crippen molar-refractivity contribution in [1.82, 2.24) is 14.8 Å². The maximum Gasteiger partial charge on any atom is 0.273 e. The molecule has 1 amide bonds. The van der Waals surface area contributed by atoms with Crippen LogP contribution in [-0.4, -0.2) is 20.7 Å². The SMILES string of the molecule is CCn1nc(C(C)C)cc1C(=O)Nc1cccc(C#Cc2ccccn2)c1. The van der Waals surface area contributed by atoms with Crippen LogP contribution in [0.15, 0.2) is 54.7 Å².